The minimum Gasteiger partial charge on any atom is -0.477 e. The van der Waals surface area contributed by atoms with E-state index in [-0.39, 0.29) is 5.69 Å². The third kappa shape index (κ3) is 1.35. The van der Waals surface area contributed by atoms with E-state index in [1.807, 2.05) is 0 Å². The lowest BCUT2D eigenvalue weighted by molar-refractivity contribution is 0.0688. The summed E-state index contributed by atoms with van der Waals surface area (Å²) in [6, 6.07) is 3.16. The summed E-state index contributed by atoms with van der Waals surface area (Å²) in [6.07, 6.45) is 6.19. The Labute approximate surface area is 79.7 Å². The van der Waals surface area contributed by atoms with Gasteiger partial charge in [-0.3, -0.25) is 9.55 Å². The van der Waals surface area contributed by atoms with Crippen molar-refractivity contribution in [2.75, 3.05) is 0 Å². The number of nitrogens with zero attached hydrogens (tertiary/aromatic N) is 3. The predicted octanol–water partition coefficient (Wildman–Crippen LogP) is 0.965. The Balaban J connectivity index is 2.52. The highest BCUT2D eigenvalue weighted by Gasteiger charge is 2.10. The van der Waals surface area contributed by atoms with Gasteiger partial charge in [0.25, 0.3) is 0 Å². The average molecular weight is 189 g/mol. The molecule has 0 aliphatic carbocycles. The number of aromatic carboxylic acids is 1. The van der Waals surface area contributed by atoms with Crippen molar-refractivity contribution >= 4 is 5.97 Å². The minimum atomic E-state index is -0.986. The van der Waals surface area contributed by atoms with E-state index < -0.39 is 5.97 Å². The molecule has 2 heterocycles. The molecule has 0 aliphatic rings. The van der Waals surface area contributed by atoms with Gasteiger partial charge in [0, 0.05) is 18.6 Å². The molecular weight excluding hydrogens is 182 g/mol. The fourth-order valence-corrected chi connectivity index (χ4v) is 1.17. The molecular formula is C9H7N3O2. The van der Waals surface area contributed by atoms with Gasteiger partial charge >= 0.3 is 5.97 Å². The van der Waals surface area contributed by atoms with E-state index >= 15 is 0 Å². The van der Waals surface area contributed by atoms with Crippen molar-refractivity contribution < 1.29 is 9.90 Å². The largest absolute Gasteiger partial charge is 0.477 e. The van der Waals surface area contributed by atoms with E-state index in [4.69, 9.17) is 5.11 Å². The highest BCUT2D eigenvalue weighted by atomic mass is 16.4. The summed E-state index contributed by atoms with van der Waals surface area (Å²) in [5, 5.41) is 8.85. The van der Waals surface area contributed by atoms with Crippen LogP contribution >= 0.6 is 0 Å². The van der Waals surface area contributed by atoms with Crippen molar-refractivity contribution in [1.29, 1.82) is 0 Å². The monoisotopic (exact) mass is 189 g/mol. The second-order valence-electron chi connectivity index (χ2n) is 2.63. The maximum absolute atomic E-state index is 10.8. The molecule has 0 saturated heterocycles. The van der Waals surface area contributed by atoms with Crippen LogP contribution in [0.5, 0.6) is 0 Å². The molecule has 0 amide bonds. The first kappa shape index (κ1) is 8.43. The third-order valence-electron chi connectivity index (χ3n) is 1.76. The number of carboxylic acid groups (broad SMARTS) is 1. The lowest BCUT2D eigenvalue weighted by Gasteiger charge is -2.02. The molecule has 0 fully saturated rings. The van der Waals surface area contributed by atoms with E-state index in [0.717, 1.165) is 0 Å². The Kier molecular flexibility index (Phi) is 1.98. The molecule has 0 aliphatic heterocycles. The van der Waals surface area contributed by atoms with E-state index in [9.17, 15) is 4.79 Å². The lowest BCUT2D eigenvalue weighted by Crippen LogP contribution is -2.06. The van der Waals surface area contributed by atoms with Crippen molar-refractivity contribution in [3.8, 4) is 5.82 Å². The summed E-state index contributed by atoms with van der Waals surface area (Å²) in [5.74, 6) is -0.490. The van der Waals surface area contributed by atoms with Crippen molar-refractivity contribution in [1.82, 2.24) is 14.5 Å². The van der Waals surface area contributed by atoms with Crippen molar-refractivity contribution in [3.63, 3.8) is 0 Å². The van der Waals surface area contributed by atoms with Gasteiger partial charge in [-0.15, -0.1) is 0 Å². The molecule has 0 aromatic carbocycles. The van der Waals surface area contributed by atoms with E-state index in [2.05, 4.69) is 9.97 Å². The fraction of sp³-hybridized carbons (Fsp3) is 0. The third-order valence-corrected chi connectivity index (χ3v) is 1.76. The number of hydrogen-bond donors (Lipinski definition) is 1. The molecule has 0 bridgehead atoms. The van der Waals surface area contributed by atoms with Gasteiger partial charge < -0.3 is 5.11 Å². The number of hydrogen-bond acceptors (Lipinski definition) is 3. The van der Waals surface area contributed by atoms with Crippen LogP contribution in [0.15, 0.2) is 36.9 Å². The van der Waals surface area contributed by atoms with Gasteiger partial charge in [0.1, 0.15) is 5.69 Å². The summed E-state index contributed by atoms with van der Waals surface area (Å²) in [7, 11) is 0. The van der Waals surface area contributed by atoms with Crippen LogP contribution in [0, 0.1) is 0 Å². The van der Waals surface area contributed by atoms with Crippen LogP contribution in [0.1, 0.15) is 10.5 Å². The van der Waals surface area contributed by atoms with Crippen LogP contribution in [0.2, 0.25) is 0 Å². The summed E-state index contributed by atoms with van der Waals surface area (Å²) in [6.45, 7) is 0. The van der Waals surface area contributed by atoms with Gasteiger partial charge in [0.2, 0.25) is 0 Å². The molecule has 70 valence electrons. The van der Waals surface area contributed by atoms with E-state index in [1.54, 1.807) is 12.3 Å². The zero-order valence-corrected chi connectivity index (χ0v) is 7.16. The van der Waals surface area contributed by atoms with Crippen LogP contribution in [0.25, 0.3) is 5.82 Å². The normalized spacial score (nSPS) is 10.0. The Hall–Kier alpha value is -2.17. The van der Waals surface area contributed by atoms with Crippen molar-refractivity contribution in [3.05, 3.63) is 42.6 Å². The van der Waals surface area contributed by atoms with Crippen LogP contribution in [0.4, 0.5) is 0 Å². The number of aromatic nitrogens is 3. The van der Waals surface area contributed by atoms with Gasteiger partial charge in [0.15, 0.2) is 5.82 Å². The van der Waals surface area contributed by atoms with Crippen molar-refractivity contribution in [2.24, 2.45) is 0 Å². The highest BCUT2D eigenvalue weighted by molar-refractivity contribution is 5.86. The number of carbonyl (C=O) groups is 1. The van der Waals surface area contributed by atoms with Crippen LogP contribution in [-0.2, 0) is 0 Å². The van der Waals surface area contributed by atoms with Gasteiger partial charge in [-0.2, -0.15) is 0 Å². The Bertz CT molecular complexity index is 450. The van der Waals surface area contributed by atoms with E-state index in [1.165, 1.54) is 29.2 Å². The molecule has 2 aromatic rings. The van der Waals surface area contributed by atoms with Crippen LogP contribution < -0.4 is 0 Å². The number of carboxylic acids is 1. The Morgan fingerprint density at radius 2 is 2.29 bits per heavy atom. The van der Waals surface area contributed by atoms with Crippen LogP contribution in [0.3, 0.4) is 0 Å². The highest BCUT2D eigenvalue weighted by Crippen LogP contribution is 2.08. The first-order valence-electron chi connectivity index (χ1n) is 3.96. The number of rotatable bonds is 2. The first-order chi connectivity index (χ1) is 6.79. The first-order valence-corrected chi connectivity index (χ1v) is 3.96. The Morgan fingerprint density at radius 3 is 2.93 bits per heavy atom. The zero-order chi connectivity index (χ0) is 9.97. The Morgan fingerprint density at radius 1 is 1.43 bits per heavy atom. The standard InChI is InChI=1S/C9H7N3O2/c13-9(14)7-2-1-5-12(7)8-6-10-3-4-11-8/h1-6H,(H,13,14). The molecule has 0 spiro atoms. The SMILES string of the molecule is O=C(O)c1cccn1-c1cnccn1. The lowest BCUT2D eigenvalue weighted by atomic mass is 10.4. The molecule has 0 saturated carbocycles. The topological polar surface area (TPSA) is 68.0 Å². The summed E-state index contributed by atoms with van der Waals surface area (Å²) >= 11 is 0. The summed E-state index contributed by atoms with van der Waals surface area (Å²) in [5.41, 5.74) is 0.172. The maximum Gasteiger partial charge on any atom is 0.352 e. The molecule has 14 heavy (non-hydrogen) atoms. The molecule has 5 heteroatoms. The van der Waals surface area contributed by atoms with E-state index in [0.29, 0.717) is 5.82 Å². The summed E-state index contributed by atoms with van der Waals surface area (Å²) in [4.78, 5) is 18.7. The summed E-state index contributed by atoms with van der Waals surface area (Å²) < 4.78 is 1.47. The van der Waals surface area contributed by atoms with Gasteiger partial charge in [0.05, 0.1) is 6.20 Å². The van der Waals surface area contributed by atoms with Gasteiger partial charge in [-0.05, 0) is 12.1 Å². The zero-order valence-electron chi connectivity index (χ0n) is 7.16. The molecule has 2 aromatic heterocycles. The maximum atomic E-state index is 10.8. The second kappa shape index (κ2) is 3.29. The average Bonchev–Trinajstić information content (AvgIpc) is 2.67. The van der Waals surface area contributed by atoms with Gasteiger partial charge in [-0.25, -0.2) is 9.78 Å². The van der Waals surface area contributed by atoms with Crippen LogP contribution in [-0.4, -0.2) is 25.6 Å². The van der Waals surface area contributed by atoms with Gasteiger partial charge in [-0.1, -0.05) is 0 Å². The quantitative estimate of drug-likeness (QED) is 0.764. The molecule has 0 radical (unpaired) electrons. The molecule has 1 N–H and O–H groups in total. The smallest absolute Gasteiger partial charge is 0.352 e. The predicted molar refractivity (Wildman–Crippen MR) is 48.3 cm³/mol. The minimum absolute atomic E-state index is 0.172. The van der Waals surface area contributed by atoms with Crippen molar-refractivity contribution in [2.45, 2.75) is 0 Å². The molecule has 0 unspecified atom stereocenters. The fourth-order valence-electron chi connectivity index (χ4n) is 1.17. The molecule has 0 atom stereocenters. The molecule has 2 rings (SSSR count). The molecule has 5 nitrogen and oxygen atoms in total. The second-order valence-corrected chi connectivity index (χ2v) is 2.63.